The summed E-state index contributed by atoms with van der Waals surface area (Å²) in [4.78, 5) is 0. The Bertz CT molecular complexity index is 646. The predicted octanol–water partition coefficient (Wildman–Crippen LogP) is 1.50. The molecule has 0 aliphatic heterocycles. The van der Waals surface area contributed by atoms with Gasteiger partial charge in [-0.1, -0.05) is 29.4 Å². The van der Waals surface area contributed by atoms with Crippen LogP contribution in [0.1, 0.15) is 11.1 Å². The van der Waals surface area contributed by atoms with Gasteiger partial charge < -0.3 is 22.4 Å². The Kier molecular flexibility index (Phi) is 5.41. The number of nitrogens with zero attached hydrogens (tertiary/aromatic N) is 2. The Morgan fingerprint density at radius 3 is 2.00 bits per heavy atom. The van der Waals surface area contributed by atoms with Crippen LogP contribution in [0.15, 0.2) is 53.7 Å². The molecule has 0 saturated heterocycles. The predicted molar refractivity (Wildman–Crippen MR) is 78.9 cm³/mol. The zero-order valence-electron chi connectivity index (χ0n) is 10.7. The second-order valence-corrected chi connectivity index (χ2v) is 3.77. The summed E-state index contributed by atoms with van der Waals surface area (Å²) in [6, 6.07) is 15.9. The Hall–Kier alpha value is -3.20. The zero-order valence-corrected chi connectivity index (χ0v) is 10.7. The monoisotopic (exact) mass is 269 g/mol. The van der Waals surface area contributed by atoms with Gasteiger partial charge in [0.1, 0.15) is 6.07 Å². The smallest absolute Gasteiger partial charge is 0.172 e. The van der Waals surface area contributed by atoms with Crippen molar-refractivity contribution in [3.63, 3.8) is 0 Å². The van der Waals surface area contributed by atoms with Crippen molar-refractivity contribution in [1.82, 2.24) is 0 Å². The summed E-state index contributed by atoms with van der Waals surface area (Å²) >= 11 is 0. The van der Waals surface area contributed by atoms with Gasteiger partial charge in [-0.15, -0.1) is 0 Å². The minimum atomic E-state index is 0.0306. The van der Waals surface area contributed by atoms with E-state index in [2.05, 4.69) is 5.16 Å². The normalized spacial score (nSPS) is 10.1. The molecule has 20 heavy (non-hydrogen) atoms. The molecule has 0 fully saturated rings. The summed E-state index contributed by atoms with van der Waals surface area (Å²) in [7, 11) is 0. The molecule has 0 bridgehead atoms. The number of nitriles is 1. The standard InChI is InChI=1S/C7H9N3O.C7H6N2/c8-6-4-2-1-3-5(6)7(9)10-11;8-5-6-3-1-2-4-7(6)9/h1-4,11H,8H2,(H2,9,10);1-4H,9H2. The Morgan fingerprint density at radius 2 is 1.55 bits per heavy atom. The second kappa shape index (κ2) is 7.28. The molecule has 102 valence electrons. The Morgan fingerprint density at radius 1 is 1.00 bits per heavy atom. The summed E-state index contributed by atoms with van der Waals surface area (Å²) < 4.78 is 0. The lowest BCUT2D eigenvalue weighted by Gasteiger charge is -2.00. The fourth-order valence-corrected chi connectivity index (χ4v) is 1.38. The first-order chi connectivity index (χ1) is 9.60. The van der Waals surface area contributed by atoms with Crippen molar-refractivity contribution in [2.75, 3.05) is 11.5 Å². The second-order valence-electron chi connectivity index (χ2n) is 3.77. The highest BCUT2D eigenvalue weighted by Crippen LogP contribution is 2.09. The van der Waals surface area contributed by atoms with E-state index in [9.17, 15) is 0 Å². The maximum atomic E-state index is 8.39. The van der Waals surface area contributed by atoms with Gasteiger partial charge >= 0.3 is 0 Å². The van der Waals surface area contributed by atoms with Crippen molar-refractivity contribution >= 4 is 17.2 Å². The van der Waals surface area contributed by atoms with Crippen LogP contribution in [-0.2, 0) is 0 Å². The van der Waals surface area contributed by atoms with E-state index in [-0.39, 0.29) is 5.84 Å². The Labute approximate surface area is 116 Å². The number of anilines is 2. The molecule has 6 nitrogen and oxygen atoms in total. The molecule has 2 rings (SSSR count). The lowest BCUT2D eigenvalue weighted by molar-refractivity contribution is 0.318. The fraction of sp³-hybridized carbons (Fsp3) is 0. The van der Waals surface area contributed by atoms with Crippen molar-refractivity contribution in [2.45, 2.75) is 0 Å². The third-order valence-corrected chi connectivity index (χ3v) is 2.43. The molecule has 0 saturated carbocycles. The van der Waals surface area contributed by atoms with Gasteiger partial charge in [0.15, 0.2) is 5.84 Å². The molecular weight excluding hydrogens is 254 g/mol. The number of para-hydroxylation sites is 2. The van der Waals surface area contributed by atoms with Gasteiger partial charge in [0.05, 0.1) is 5.56 Å². The van der Waals surface area contributed by atoms with E-state index in [1.54, 1.807) is 48.5 Å². The van der Waals surface area contributed by atoms with Gasteiger partial charge in [0.25, 0.3) is 0 Å². The molecule has 0 spiro atoms. The lowest BCUT2D eigenvalue weighted by Crippen LogP contribution is -2.14. The summed E-state index contributed by atoms with van der Waals surface area (Å²) in [5.74, 6) is 0.0306. The summed E-state index contributed by atoms with van der Waals surface area (Å²) in [6.07, 6.45) is 0. The van der Waals surface area contributed by atoms with Crippen LogP contribution in [0.4, 0.5) is 11.4 Å². The van der Waals surface area contributed by atoms with E-state index in [0.29, 0.717) is 22.5 Å². The first-order valence-electron chi connectivity index (χ1n) is 5.67. The average Bonchev–Trinajstić information content (AvgIpc) is 2.48. The molecule has 0 amide bonds. The van der Waals surface area contributed by atoms with Gasteiger partial charge in [-0.05, 0) is 24.3 Å². The fourth-order valence-electron chi connectivity index (χ4n) is 1.38. The minimum Gasteiger partial charge on any atom is -0.409 e. The van der Waals surface area contributed by atoms with Gasteiger partial charge in [-0.2, -0.15) is 5.26 Å². The summed E-state index contributed by atoms with van der Waals surface area (Å²) in [5, 5.41) is 19.5. The number of nitrogens with two attached hydrogens (primary N) is 3. The SMILES string of the molecule is N#Cc1ccccc1N.N/C(=N\O)c1ccccc1N. The van der Waals surface area contributed by atoms with Crippen molar-refractivity contribution in [3.8, 4) is 6.07 Å². The number of amidine groups is 1. The molecule has 6 heteroatoms. The molecule has 0 heterocycles. The van der Waals surface area contributed by atoms with Gasteiger partial charge in [-0.25, -0.2) is 0 Å². The molecule has 2 aromatic carbocycles. The van der Waals surface area contributed by atoms with E-state index in [1.807, 2.05) is 6.07 Å². The topological polar surface area (TPSA) is 134 Å². The van der Waals surface area contributed by atoms with Crippen LogP contribution in [0.25, 0.3) is 0 Å². The van der Waals surface area contributed by atoms with Crippen LogP contribution in [0.3, 0.4) is 0 Å². The molecule has 7 N–H and O–H groups in total. The van der Waals surface area contributed by atoms with Crippen LogP contribution in [0, 0.1) is 11.3 Å². The highest BCUT2D eigenvalue weighted by molar-refractivity contribution is 6.01. The molecular formula is C14H15N5O. The number of nitrogen functional groups attached to an aromatic ring is 2. The third-order valence-electron chi connectivity index (χ3n) is 2.43. The number of rotatable bonds is 1. The molecule has 0 aliphatic rings. The molecule has 0 aliphatic carbocycles. The molecule has 2 aromatic rings. The molecule has 0 atom stereocenters. The largest absolute Gasteiger partial charge is 0.409 e. The van der Waals surface area contributed by atoms with Gasteiger partial charge in [-0.3, -0.25) is 0 Å². The van der Waals surface area contributed by atoms with Gasteiger partial charge in [0, 0.05) is 16.9 Å². The van der Waals surface area contributed by atoms with Crippen LogP contribution in [-0.4, -0.2) is 11.0 Å². The maximum Gasteiger partial charge on any atom is 0.172 e. The Balaban J connectivity index is 0.000000204. The summed E-state index contributed by atoms with van der Waals surface area (Å²) in [6.45, 7) is 0. The van der Waals surface area contributed by atoms with Crippen LogP contribution in [0.5, 0.6) is 0 Å². The van der Waals surface area contributed by atoms with E-state index in [4.69, 9.17) is 27.7 Å². The zero-order chi connectivity index (χ0) is 15.0. The van der Waals surface area contributed by atoms with E-state index in [0.717, 1.165) is 0 Å². The molecule has 0 aromatic heterocycles. The van der Waals surface area contributed by atoms with Crippen molar-refractivity contribution in [2.24, 2.45) is 10.9 Å². The van der Waals surface area contributed by atoms with E-state index in [1.165, 1.54) is 0 Å². The average molecular weight is 269 g/mol. The molecule has 0 radical (unpaired) electrons. The van der Waals surface area contributed by atoms with Crippen molar-refractivity contribution < 1.29 is 5.21 Å². The quantitative estimate of drug-likeness (QED) is 0.204. The van der Waals surface area contributed by atoms with E-state index >= 15 is 0 Å². The van der Waals surface area contributed by atoms with Crippen molar-refractivity contribution in [3.05, 3.63) is 59.7 Å². The number of hydrogen-bond acceptors (Lipinski definition) is 5. The lowest BCUT2D eigenvalue weighted by atomic mass is 10.2. The minimum absolute atomic E-state index is 0.0306. The third kappa shape index (κ3) is 3.92. The summed E-state index contributed by atoms with van der Waals surface area (Å²) in [5.41, 5.74) is 18.4. The van der Waals surface area contributed by atoms with E-state index < -0.39 is 0 Å². The highest BCUT2D eigenvalue weighted by Gasteiger charge is 2.00. The first kappa shape index (κ1) is 14.9. The first-order valence-corrected chi connectivity index (χ1v) is 5.67. The van der Waals surface area contributed by atoms with Gasteiger partial charge in [0.2, 0.25) is 0 Å². The molecule has 0 unspecified atom stereocenters. The number of benzene rings is 2. The van der Waals surface area contributed by atoms with Crippen LogP contribution in [0.2, 0.25) is 0 Å². The highest BCUT2D eigenvalue weighted by atomic mass is 16.4. The number of oxime groups is 1. The van der Waals surface area contributed by atoms with Crippen LogP contribution < -0.4 is 17.2 Å². The van der Waals surface area contributed by atoms with Crippen molar-refractivity contribution in [1.29, 1.82) is 5.26 Å². The van der Waals surface area contributed by atoms with Crippen LogP contribution >= 0.6 is 0 Å². The maximum absolute atomic E-state index is 8.39. The number of hydrogen-bond donors (Lipinski definition) is 4.